The van der Waals surface area contributed by atoms with Crippen LogP contribution in [0.25, 0.3) is 0 Å². The number of carbonyl (C=O) groups is 1. The van der Waals surface area contributed by atoms with Crippen molar-refractivity contribution in [1.82, 2.24) is 4.90 Å². The van der Waals surface area contributed by atoms with E-state index in [0.29, 0.717) is 49.4 Å². The first-order chi connectivity index (χ1) is 10.9. The molecule has 6 heteroatoms. The van der Waals surface area contributed by atoms with E-state index in [-0.39, 0.29) is 12.5 Å². The number of benzene rings is 1. The van der Waals surface area contributed by atoms with E-state index in [1.165, 1.54) is 4.90 Å². The predicted octanol–water partition coefficient (Wildman–Crippen LogP) is 3.12. The zero-order valence-corrected chi connectivity index (χ0v) is 14.4. The van der Waals surface area contributed by atoms with Crippen LogP contribution in [0, 0.1) is 0 Å². The predicted molar refractivity (Wildman–Crippen MR) is 91.1 cm³/mol. The summed E-state index contributed by atoms with van der Waals surface area (Å²) in [5.41, 5.74) is 0.207. The van der Waals surface area contributed by atoms with Crippen LogP contribution in [0.15, 0.2) is 18.2 Å². The summed E-state index contributed by atoms with van der Waals surface area (Å²) in [5, 5.41) is 9.27. The van der Waals surface area contributed by atoms with E-state index in [2.05, 4.69) is 4.90 Å². The molecule has 4 nitrogen and oxygen atoms in total. The van der Waals surface area contributed by atoms with Gasteiger partial charge in [0, 0.05) is 39.5 Å². The van der Waals surface area contributed by atoms with Crippen molar-refractivity contribution in [2.75, 3.05) is 38.7 Å². The molecule has 1 heterocycles. The first-order valence-electron chi connectivity index (χ1n) is 7.92. The maximum absolute atomic E-state index is 14.6. The maximum atomic E-state index is 14.6. The summed E-state index contributed by atoms with van der Waals surface area (Å²) < 4.78 is 14.6. The van der Waals surface area contributed by atoms with Gasteiger partial charge in [-0.3, -0.25) is 4.79 Å². The molecule has 2 rings (SSSR count). The number of aliphatic hydroxyl groups is 1. The quantitative estimate of drug-likeness (QED) is 0.894. The van der Waals surface area contributed by atoms with Crippen molar-refractivity contribution in [2.24, 2.45) is 0 Å². The van der Waals surface area contributed by atoms with E-state index >= 15 is 0 Å². The van der Waals surface area contributed by atoms with Crippen LogP contribution in [0.2, 0.25) is 5.02 Å². The van der Waals surface area contributed by atoms with E-state index in [4.69, 9.17) is 16.7 Å². The van der Waals surface area contributed by atoms with Crippen molar-refractivity contribution in [3.8, 4) is 0 Å². The Morgan fingerprint density at radius 2 is 2.04 bits per heavy atom. The van der Waals surface area contributed by atoms with Gasteiger partial charge in [-0.05, 0) is 43.9 Å². The lowest BCUT2D eigenvalue weighted by Gasteiger charge is -2.37. The molecule has 1 saturated heterocycles. The molecule has 0 spiro atoms. The molecule has 1 aromatic carbocycles. The van der Waals surface area contributed by atoms with Crippen LogP contribution in [0.1, 0.15) is 36.0 Å². The van der Waals surface area contributed by atoms with Crippen molar-refractivity contribution in [2.45, 2.75) is 31.4 Å². The summed E-state index contributed by atoms with van der Waals surface area (Å²) >= 11 is 6.24. The number of aliphatic hydroxyl groups excluding tert-OH is 1. The van der Waals surface area contributed by atoms with Crippen LogP contribution < -0.4 is 4.90 Å². The molecule has 1 aliphatic heterocycles. The van der Waals surface area contributed by atoms with Gasteiger partial charge in [-0.15, -0.1) is 0 Å². The van der Waals surface area contributed by atoms with Crippen molar-refractivity contribution in [3.05, 3.63) is 28.8 Å². The summed E-state index contributed by atoms with van der Waals surface area (Å²) in [6.45, 7) is 1.25. The fourth-order valence-electron chi connectivity index (χ4n) is 2.93. The zero-order chi connectivity index (χ0) is 17.0. The van der Waals surface area contributed by atoms with Crippen LogP contribution in [-0.2, 0) is 0 Å². The monoisotopic (exact) mass is 342 g/mol. The molecule has 0 unspecified atom stereocenters. The molecule has 1 amide bonds. The molecule has 0 bridgehead atoms. The first-order valence-corrected chi connectivity index (χ1v) is 8.30. The summed E-state index contributed by atoms with van der Waals surface area (Å²) in [7, 11) is 3.37. The summed E-state index contributed by atoms with van der Waals surface area (Å²) in [5.74, 6) is -0.132. The van der Waals surface area contributed by atoms with Gasteiger partial charge in [-0.25, -0.2) is 4.39 Å². The fourth-order valence-corrected chi connectivity index (χ4v) is 3.18. The average molecular weight is 343 g/mol. The Balaban J connectivity index is 2.04. The molecule has 0 radical (unpaired) electrons. The molecular formula is C17H24ClFN2O2. The molecule has 1 N–H and O–H groups in total. The second-order valence-electron chi connectivity index (χ2n) is 6.33. The lowest BCUT2D eigenvalue weighted by Crippen LogP contribution is -2.42. The number of nitrogens with zero attached hydrogens (tertiary/aromatic N) is 2. The third-order valence-corrected chi connectivity index (χ3v) is 4.71. The smallest absolute Gasteiger partial charge is 0.254 e. The van der Waals surface area contributed by atoms with Gasteiger partial charge in [0.25, 0.3) is 5.91 Å². The molecule has 0 atom stereocenters. The third kappa shape index (κ3) is 4.36. The maximum Gasteiger partial charge on any atom is 0.254 e. The molecule has 23 heavy (non-hydrogen) atoms. The Morgan fingerprint density at radius 3 is 2.57 bits per heavy atom. The number of amides is 1. The highest BCUT2D eigenvalue weighted by Gasteiger charge is 2.34. The van der Waals surface area contributed by atoms with Gasteiger partial charge >= 0.3 is 0 Å². The van der Waals surface area contributed by atoms with Crippen LogP contribution in [-0.4, -0.2) is 55.4 Å². The molecule has 0 aromatic heterocycles. The van der Waals surface area contributed by atoms with E-state index in [0.717, 1.165) is 5.69 Å². The van der Waals surface area contributed by atoms with Crippen molar-refractivity contribution in [3.63, 3.8) is 0 Å². The second kappa shape index (κ2) is 7.49. The Kier molecular flexibility index (Phi) is 5.87. The fraction of sp³-hybridized carbons (Fsp3) is 0.588. The molecule has 1 fully saturated rings. The van der Waals surface area contributed by atoms with E-state index in [1.54, 1.807) is 26.2 Å². The average Bonchev–Trinajstić information content (AvgIpc) is 2.53. The number of piperidine rings is 1. The number of anilines is 1. The molecule has 1 aromatic rings. The number of hydrogen-bond donors (Lipinski definition) is 1. The topological polar surface area (TPSA) is 43.8 Å². The van der Waals surface area contributed by atoms with Gasteiger partial charge in [0.1, 0.15) is 5.67 Å². The second-order valence-corrected chi connectivity index (χ2v) is 6.74. The van der Waals surface area contributed by atoms with E-state index in [1.807, 2.05) is 6.07 Å². The molecule has 0 aliphatic carbocycles. The Morgan fingerprint density at radius 1 is 1.39 bits per heavy atom. The molecule has 1 aliphatic rings. The summed E-state index contributed by atoms with van der Waals surface area (Å²) in [4.78, 5) is 15.6. The van der Waals surface area contributed by atoms with Crippen LogP contribution in [0.5, 0.6) is 0 Å². The largest absolute Gasteiger partial charge is 0.396 e. The summed E-state index contributed by atoms with van der Waals surface area (Å²) in [6, 6.07) is 5.36. The SMILES string of the molecule is CN(C)C(=O)c1ccc(N2CCC(F)(CCCO)CC2)cc1Cl. The van der Waals surface area contributed by atoms with Crippen LogP contribution in [0.3, 0.4) is 0 Å². The molecule has 0 saturated carbocycles. The minimum Gasteiger partial charge on any atom is -0.396 e. The van der Waals surface area contributed by atoms with Gasteiger partial charge < -0.3 is 14.9 Å². The first kappa shape index (κ1) is 18.0. The number of rotatable bonds is 5. The number of halogens is 2. The van der Waals surface area contributed by atoms with Gasteiger partial charge in [0.05, 0.1) is 10.6 Å². The van der Waals surface area contributed by atoms with Crippen molar-refractivity contribution < 1.29 is 14.3 Å². The Hall–Kier alpha value is -1.33. The Bertz CT molecular complexity index is 558. The number of alkyl halides is 1. The van der Waals surface area contributed by atoms with Gasteiger partial charge in [0.2, 0.25) is 0 Å². The Labute approximate surface area is 141 Å². The molecule has 128 valence electrons. The highest BCUT2D eigenvalue weighted by atomic mass is 35.5. The van der Waals surface area contributed by atoms with Crippen molar-refractivity contribution in [1.29, 1.82) is 0 Å². The van der Waals surface area contributed by atoms with Crippen LogP contribution in [0.4, 0.5) is 10.1 Å². The van der Waals surface area contributed by atoms with E-state index in [9.17, 15) is 9.18 Å². The van der Waals surface area contributed by atoms with Gasteiger partial charge in [0.15, 0.2) is 0 Å². The lowest BCUT2D eigenvalue weighted by molar-refractivity contribution is 0.0828. The lowest BCUT2D eigenvalue weighted by atomic mass is 9.88. The van der Waals surface area contributed by atoms with Gasteiger partial charge in [-0.1, -0.05) is 11.6 Å². The van der Waals surface area contributed by atoms with Gasteiger partial charge in [-0.2, -0.15) is 0 Å². The minimum atomic E-state index is -1.18. The number of hydrogen-bond acceptors (Lipinski definition) is 3. The normalized spacial score (nSPS) is 17.2. The van der Waals surface area contributed by atoms with Crippen LogP contribution >= 0.6 is 11.6 Å². The highest BCUT2D eigenvalue weighted by molar-refractivity contribution is 6.34. The third-order valence-electron chi connectivity index (χ3n) is 4.40. The summed E-state index contributed by atoms with van der Waals surface area (Å²) in [6.07, 6.45) is 1.81. The zero-order valence-electron chi connectivity index (χ0n) is 13.7. The standard InChI is InChI=1S/C17H24ClFN2O2/c1-20(2)16(23)14-5-4-13(12-15(14)18)21-9-7-17(19,8-10-21)6-3-11-22/h4-5,12,22H,3,6-11H2,1-2H3. The minimum absolute atomic E-state index is 0.0341. The van der Waals surface area contributed by atoms with E-state index < -0.39 is 5.67 Å². The number of carbonyl (C=O) groups excluding carboxylic acids is 1. The molecular weight excluding hydrogens is 319 g/mol. The van der Waals surface area contributed by atoms with Crippen molar-refractivity contribution >= 4 is 23.2 Å². The highest BCUT2D eigenvalue weighted by Crippen LogP contribution is 2.34.